The molecule has 2 aromatic carbocycles. The first-order valence-electron chi connectivity index (χ1n) is 8.77. The minimum absolute atomic E-state index is 0.0415. The van der Waals surface area contributed by atoms with Gasteiger partial charge in [-0.2, -0.15) is 0 Å². The number of pyridine rings is 1. The second-order valence-corrected chi connectivity index (χ2v) is 5.94. The van der Waals surface area contributed by atoms with Crippen molar-refractivity contribution in [2.75, 3.05) is 0 Å². The van der Waals surface area contributed by atoms with E-state index < -0.39 is 17.7 Å². The highest BCUT2D eigenvalue weighted by Crippen LogP contribution is 2.06. The summed E-state index contributed by atoms with van der Waals surface area (Å²) in [6.45, 7) is 0. The van der Waals surface area contributed by atoms with E-state index in [1.165, 1.54) is 6.08 Å². The van der Waals surface area contributed by atoms with Crippen molar-refractivity contribution >= 4 is 23.8 Å². The first kappa shape index (κ1) is 19.5. The van der Waals surface area contributed by atoms with Crippen LogP contribution >= 0.6 is 0 Å². The van der Waals surface area contributed by atoms with Crippen LogP contribution in [-0.2, 0) is 4.79 Å². The van der Waals surface area contributed by atoms with Crippen LogP contribution in [-0.4, -0.2) is 22.7 Å². The molecule has 0 bridgehead atoms. The van der Waals surface area contributed by atoms with Gasteiger partial charge in [0.1, 0.15) is 5.70 Å². The Morgan fingerprint density at radius 1 is 0.724 bits per heavy atom. The van der Waals surface area contributed by atoms with Gasteiger partial charge in [-0.25, -0.2) is 0 Å². The Balaban J connectivity index is 1.75. The Morgan fingerprint density at radius 3 is 1.93 bits per heavy atom. The average molecular weight is 386 g/mol. The van der Waals surface area contributed by atoms with Crippen molar-refractivity contribution in [1.29, 1.82) is 0 Å². The van der Waals surface area contributed by atoms with Gasteiger partial charge in [0.05, 0.1) is 0 Å². The highest BCUT2D eigenvalue weighted by molar-refractivity contribution is 6.06. The van der Waals surface area contributed by atoms with Crippen LogP contribution in [0.3, 0.4) is 0 Å². The molecule has 3 N–H and O–H groups in total. The summed E-state index contributed by atoms with van der Waals surface area (Å²) in [4.78, 5) is 41.2. The van der Waals surface area contributed by atoms with Crippen molar-refractivity contribution in [3.05, 3.63) is 108 Å². The molecule has 144 valence electrons. The molecule has 0 aliphatic rings. The minimum atomic E-state index is -0.678. The van der Waals surface area contributed by atoms with E-state index in [-0.39, 0.29) is 5.70 Å². The average Bonchev–Trinajstić information content (AvgIpc) is 2.78. The van der Waals surface area contributed by atoms with Crippen molar-refractivity contribution in [1.82, 2.24) is 21.2 Å². The molecule has 0 unspecified atom stereocenters. The summed E-state index contributed by atoms with van der Waals surface area (Å²) >= 11 is 0. The fourth-order valence-corrected chi connectivity index (χ4v) is 2.41. The second kappa shape index (κ2) is 9.61. The lowest BCUT2D eigenvalue weighted by Gasteiger charge is -2.12. The Morgan fingerprint density at radius 2 is 1.34 bits per heavy atom. The number of nitrogens with zero attached hydrogens (tertiary/aromatic N) is 1. The van der Waals surface area contributed by atoms with Crippen LogP contribution in [0.2, 0.25) is 0 Å². The molecule has 0 aliphatic heterocycles. The summed E-state index contributed by atoms with van der Waals surface area (Å²) in [5, 5.41) is 2.58. The summed E-state index contributed by atoms with van der Waals surface area (Å²) in [6, 6.07) is 20.4. The Bertz CT molecular complexity index is 1020. The normalized spacial score (nSPS) is 10.7. The monoisotopic (exact) mass is 386 g/mol. The molecule has 1 heterocycles. The molecule has 3 aromatic rings. The fourth-order valence-electron chi connectivity index (χ4n) is 2.41. The van der Waals surface area contributed by atoms with Gasteiger partial charge >= 0.3 is 0 Å². The van der Waals surface area contributed by atoms with Crippen LogP contribution in [0.15, 0.2) is 90.9 Å². The van der Waals surface area contributed by atoms with Crippen molar-refractivity contribution in [3.8, 4) is 0 Å². The molecule has 7 heteroatoms. The predicted octanol–water partition coefficient (Wildman–Crippen LogP) is 2.31. The van der Waals surface area contributed by atoms with Crippen molar-refractivity contribution in [2.24, 2.45) is 0 Å². The predicted molar refractivity (Wildman–Crippen MR) is 108 cm³/mol. The van der Waals surface area contributed by atoms with Crippen LogP contribution in [0.25, 0.3) is 6.08 Å². The molecule has 3 rings (SSSR count). The topological polar surface area (TPSA) is 100 Å². The third-order valence-electron chi connectivity index (χ3n) is 3.85. The summed E-state index contributed by atoms with van der Waals surface area (Å²) in [5.74, 6) is -1.61. The quantitative estimate of drug-likeness (QED) is 0.463. The highest BCUT2D eigenvalue weighted by Gasteiger charge is 2.15. The minimum Gasteiger partial charge on any atom is -0.317 e. The van der Waals surface area contributed by atoms with Crippen molar-refractivity contribution in [3.63, 3.8) is 0 Å². The molecule has 0 atom stereocenters. The molecule has 0 radical (unpaired) electrons. The largest absolute Gasteiger partial charge is 0.317 e. The number of benzene rings is 2. The molecule has 29 heavy (non-hydrogen) atoms. The van der Waals surface area contributed by atoms with Crippen molar-refractivity contribution in [2.45, 2.75) is 0 Å². The van der Waals surface area contributed by atoms with E-state index in [9.17, 15) is 14.4 Å². The van der Waals surface area contributed by atoms with E-state index in [4.69, 9.17) is 0 Å². The number of hydrogen-bond acceptors (Lipinski definition) is 4. The van der Waals surface area contributed by atoms with E-state index in [0.29, 0.717) is 16.7 Å². The number of carbonyl (C=O) groups is 3. The van der Waals surface area contributed by atoms with Gasteiger partial charge in [-0.1, -0.05) is 42.5 Å². The van der Waals surface area contributed by atoms with Gasteiger partial charge in [0.15, 0.2) is 0 Å². The second-order valence-electron chi connectivity index (χ2n) is 5.94. The summed E-state index contributed by atoms with van der Waals surface area (Å²) < 4.78 is 0. The zero-order valence-corrected chi connectivity index (χ0v) is 15.3. The van der Waals surface area contributed by atoms with E-state index >= 15 is 0 Å². The van der Waals surface area contributed by atoms with Crippen LogP contribution in [0.4, 0.5) is 0 Å². The summed E-state index contributed by atoms with van der Waals surface area (Å²) in [7, 11) is 0. The molecule has 3 amide bonds. The third kappa shape index (κ3) is 5.61. The standard InChI is InChI=1S/C22H18N4O3/c27-20(17-9-3-1-4-10-17)24-19(14-16-8-7-13-23-15-16)22(29)26-25-21(28)18-11-5-2-6-12-18/h1-15H,(H,24,27)(H,25,28)(H,26,29)/b19-14-. The van der Waals surface area contributed by atoms with Gasteiger partial charge in [0.2, 0.25) is 0 Å². The zero-order valence-electron chi connectivity index (χ0n) is 15.3. The summed E-state index contributed by atoms with van der Waals surface area (Å²) in [6.07, 6.45) is 4.61. The van der Waals surface area contributed by atoms with Crippen LogP contribution < -0.4 is 16.2 Å². The van der Waals surface area contributed by atoms with Gasteiger partial charge in [0, 0.05) is 23.5 Å². The third-order valence-corrected chi connectivity index (χ3v) is 3.85. The zero-order chi connectivity index (χ0) is 20.5. The highest BCUT2D eigenvalue weighted by atomic mass is 16.2. The maximum Gasteiger partial charge on any atom is 0.286 e. The first-order valence-corrected chi connectivity index (χ1v) is 8.77. The Kier molecular flexibility index (Phi) is 6.46. The molecule has 0 spiro atoms. The molecule has 0 aliphatic carbocycles. The summed E-state index contributed by atoms with van der Waals surface area (Å²) in [5.41, 5.74) is 6.00. The number of amides is 3. The number of aromatic nitrogens is 1. The molecule has 7 nitrogen and oxygen atoms in total. The van der Waals surface area contributed by atoms with Crippen molar-refractivity contribution < 1.29 is 14.4 Å². The Labute approximate surface area is 167 Å². The number of hydrogen-bond donors (Lipinski definition) is 3. The van der Waals surface area contributed by atoms with Crippen LogP contribution in [0.1, 0.15) is 26.3 Å². The molecule has 0 fully saturated rings. The van der Waals surface area contributed by atoms with E-state index in [2.05, 4.69) is 21.2 Å². The maximum absolute atomic E-state index is 12.6. The van der Waals surface area contributed by atoms with E-state index in [0.717, 1.165) is 0 Å². The molecular weight excluding hydrogens is 368 g/mol. The fraction of sp³-hybridized carbons (Fsp3) is 0. The van der Waals surface area contributed by atoms with Crippen LogP contribution in [0.5, 0.6) is 0 Å². The number of rotatable bonds is 5. The maximum atomic E-state index is 12.6. The van der Waals surface area contributed by atoms with Gasteiger partial charge in [-0.05, 0) is 42.0 Å². The van der Waals surface area contributed by atoms with E-state index in [1.807, 2.05) is 0 Å². The lowest BCUT2D eigenvalue weighted by atomic mass is 10.2. The molecule has 1 aromatic heterocycles. The molecular formula is C22H18N4O3. The van der Waals surface area contributed by atoms with Gasteiger partial charge < -0.3 is 5.32 Å². The number of carbonyl (C=O) groups excluding carboxylic acids is 3. The molecule has 0 saturated heterocycles. The lowest BCUT2D eigenvalue weighted by Crippen LogP contribution is -2.45. The van der Waals surface area contributed by atoms with E-state index in [1.54, 1.807) is 85.2 Å². The van der Waals surface area contributed by atoms with Gasteiger partial charge in [-0.3, -0.25) is 30.2 Å². The molecule has 0 saturated carbocycles. The van der Waals surface area contributed by atoms with Crippen LogP contribution in [0, 0.1) is 0 Å². The Hall–Kier alpha value is -4.26. The lowest BCUT2D eigenvalue weighted by molar-refractivity contribution is -0.118. The number of hydrazine groups is 1. The van der Waals surface area contributed by atoms with Gasteiger partial charge in [0.25, 0.3) is 17.7 Å². The number of nitrogens with one attached hydrogen (secondary N) is 3. The first-order chi connectivity index (χ1) is 14.1. The van der Waals surface area contributed by atoms with Gasteiger partial charge in [-0.15, -0.1) is 0 Å². The SMILES string of the molecule is O=C(NNC(=O)c1ccccc1)/C(=C/c1cccnc1)NC(=O)c1ccccc1. The smallest absolute Gasteiger partial charge is 0.286 e.